The number of hydrogen-bond acceptors (Lipinski definition) is 4. The van der Waals surface area contributed by atoms with Gasteiger partial charge in [0, 0.05) is 37.1 Å². The van der Waals surface area contributed by atoms with Crippen molar-refractivity contribution in [3.63, 3.8) is 0 Å². The van der Waals surface area contributed by atoms with Crippen LogP contribution in [0.5, 0.6) is 0 Å². The number of nitrogens with two attached hydrogens (primary N) is 2. The predicted molar refractivity (Wildman–Crippen MR) is 81.7 cm³/mol. The lowest BCUT2D eigenvalue weighted by Crippen LogP contribution is -2.23. The van der Waals surface area contributed by atoms with Crippen LogP contribution in [-0.4, -0.2) is 31.1 Å². The molecule has 0 fully saturated rings. The summed E-state index contributed by atoms with van der Waals surface area (Å²) >= 11 is 0. The van der Waals surface area contributed by atoms with Crippen molar-refractivity contribution in [3.05, 3.63) is 35.5 Å². The zero-order valence-corrected chi connectivity index (χ0v) is 11.4. The minimum atomic E-state index is 0.727. The van der Waals surface area contributed by atoms with E-state index in [2.05, 4.69) is 40.7 Å². The minimum Gasteiger partial charge on any atom is -0.385 e. The Hall–Kier alpha value is -1.52. The number of rotatable bonds is 7. The highest BCUT2D eigenvalue weighted by Gasteiger charge is 2.12. The summed E-state index contributed by atoms with van der Waals surface area (Å²) in [6.45, 7) is 4.40. The summed E-state index contributed by atoms with van der Waals surface area (Å²) in [5, 5.41) is 3.46. The van der Waals surface area contributed by atoms with Crippen molar-refractivity contribution in [1.29, 1.82) is 0 Å². The molecule has 0 saturated heterocycles. The first-order chi connectivity index (χ1) is 9.35. The van der Waals surface area contributed by atoms with Crippen LogP contribution in [0.2, 0.25) is 0 Å². The van der Waals surface area contributed by atoms with E-state index in [0.717, 1.165) is 45.6 Å². The van der Waals surface area contributed by atoms with Gasteiger partial charge in [-0.3, -0.25) is 0 Å². The number of anilines is 1. The van der Waals surface area contributed by atoms with Crippen LogP contribution in [-0.2, 0) is 6.54 Å². The highest BCUT2D eigenvalue weighted by Crippen LogP contribution is 2.26. The summed E-state index contributed by atoms with van der Waals surface area (Å²) < 4.78 is 0. The predicted octanol–water partition coefficient (Wildman–Crippen LogP) is 1.58. The molecule has 0 spiro atoms. The van der Waals surface area contributed by atoms with E-state index in [1.807, 2.05) is 0 Å². The van der Waals surface area contributed by atoms with E-state index in [-0.39, 0.29) is 0 Å². The first-order valence-electron chi connectivity index (χ1n) is 7.03. The Morgan fingerprint density at radius 3 is 2.79 bits per heavy atom. The standard InChI is InChI=1S/C15H24N4/c16-7-2-9-18-15-5-1-4-13-12-19(10-3-8-17)11-6-14(13)15/h1,4-6,11,18H,2-3,7-10,12,16-17H2. The molecule has 0 atom stereocenters. The monoisotopic (exact) mass is 260 g/mol. The highest BCUT2D eigenvalue weighted by atomic mass is 15.1. The molecule has 2 rings (SSSR count). The van der Waals surface area contributed by atoms with Gasteiger partial charge in [-0.25, -0.2) is 0 Å². The van der Waals surface area contributed by atoms with Gasteiger partial charge in [-0.2, -0.15) is 0 Å². The normalized spacial score (nSPS) is 13.5. The second-order valence-corrected chi connectivity index (χ2v) is 4.88. The van der Waals surface area contributed by atoms with Gasteiger partial charge in [0.2, 0.25) is 0 Å². The molecule has 1 aliphatic heterocycles. The Bertz CT molecular complexity index is 428. The topological polar surface area (TPSA) is 67.3 Å². The highest BCUT2D eigenvalue weighted by molar-refractivity contribution is 5.70. The lowest BCUT2D eigenvalue weighted by molar-refractivity contribution is 0.363. The molecule has 1 aromatic carbocycles. The van der Waals surface area contributed by atoms with Crippen LogP contribution in [0.25, 0.3) is 6.08 Å². The number of hydrogen-bond donors (Lipinski definition) is 3. The first-order valence-corrected chi connectivity index (χ1v) is 7.03. The number of fused-ring (bicyclic) bond motifs is 1. The quantitative estimate of drug-likeness (QED) is 0.651. The van der Waals surface area contributed by atoms with E-state index in [0.29, 0.717) is 0 Å². The van der Waals surface area contributed by atoms with E-state index in [1.54, 1.807) is 0 Å². The second-order valence-electron chi connectivity index (χ2n) is 4.88. The lowest BCUT2D eigenvalue weighted by atomic mass is 10.0. The molecule has 0 radical (unpaired) electrons. The van der Waals surface area contributed by atoms with Gasteiger partial charge in [-0.15, -0.1) is 0 Å². The molecule has 0 saturated carbocycles. The minimum absolute atomic E-state index is 0.727. The van der Waals surface area contributed by atoms with E-state index in [4.69, 9.17) is 11.5 Å². The molecule has 0 unspecified atom stereocenters. The maximum absolute atomic E-state index is 5.56. The molecule has 1 heterocycles. The van der Waals surface area contributed by atoms with Crippen molar-refractivity contribution in [1.82, 2.24) is 4.90 Å². The first kappa shape index (κ1) is 13.9. The molecule has 104 valence electrons. The van der Waals surface area contributed by atoms with Crippen LogP contribution >= 0.6 is 0 Å². The van der Waals surface area contributed by atoms with Gasteiger partial charge < -0.3 is 21.7 Å². The van der Waals surface area contributed by atoms with Crippen molar-refractivity contribution in [2.24, 2.45) is 11.5 Å². The van der Waals surface area contributed by atoms with Crippen LogP contribution in [0.15, 0.2) is 24.4 Å². The van der Waals surface area contributed by atoms with Crippen LogP contribution < -0.4 is 16.8 Å². The van der Waals surface area contributed by atoms with Crippen molar-refractivity contribution in [2.75, 3.05) is 31.5 Å². The summed E-state index contributed by atoms with van der Waals surface area (Å²) in [5.41, 5.74) is 15.0. The fraction of sp³-hybridized carbons (Fsp3) is 0.467. The van der Waals surface area contributed by atoms with Gasteiger partial charge in [0.1, 0.15) is 0 Å². The van der Waals surface area contributed by atoms with E-state index in [9.17, 15) is 0 Å². The molecule has 1 aromatic rings. The van der Waals surface area contributed by atoms with Gasteiger partial charge in [-0.05, 0) is 43.6 Å². The second kappa shape index (κ2) is 7.16. The summed E-state index contributed by atoms with van der Waals surface area (Å²) in [4.78, 5) is 2.32. The van der Waals surface area contributed by atoms with Crippen molar-refractivity contribution in [2.45, 2.75) is 19.4 Å². The van der Waals surface area contributed by atoms with Crippen molar-refractivity contribution in [3.8, 4) is 0 Å². The van der Waals surface area contributed by atoms with E-state index < -0.39 is 0 Å². The molecule has 0 amide bonds. The Morgan fingerprint density at radius 2 is 2.00 bits per heavy atom. The van der Waals surface area contributed by atoms with E-state index >= 15 is 0 Å². The van der Waals surface area contributed by atoms with Crippen LogP contribution in [0.3, 0.4) is 0 Å². The van der Waals surface area contributed by atoms with Gasteiger partial charge in [0.15, 0.2) is 0 Å². The van der Waals surface area contributed by atoms with Gasteiger partial charge in [0.25, 0.3) is 0 Å². The van der Waals surface area contributed by atoms with Crippen LogP contribution in [0.1, 0.15) is 24.0 Å². The average Bonchev–Trinajstić information content (AvgIpc) is 2.45. The third kappa shape index (κ3) is 3.72. The summed E-state index contributed by atoms with van der Waals surface area (Å²) in [6.07, 6.45) is 6.40. The molecule has 5 N–H and O–H groups in total. The number of nitrogens with one attached hydrogen (secondary N) is 1. The lowest BCUT2D eigenvalue weighted by Gasteiger charge is -2.26. The summed E-state index contributed by atoms with van der Waals surface area (Å²) in [6, 6.07) is 6.45. The van der Waals surface area contributed by atoms with Crippen LogP contribution in [0.4, 0.5) is 5.69 Å². The Balaban J connectivity index is 2.04. The molecular weight excluding hydrogens is 236 g/mol. The van der Waals surface area contributed by atoms with Crippen LogP contribution in [0, 0.1) is 0 Å². The molecule has 0 bridgehead atoms. The average molecular weight is 260 g/mol. The van der Waals surface area contributed by atoms with Gasteiger partial charge in [-0.1, -0.05) is 12.1 Å². The van der Waals surface area contributed by atoms with Gasteiger partial charge in [0.05, 0.1) is 0 Å². The third-order valence-corrected chi connectivity index (χ3v) is 3.37. The van der Waals surface area contributed by atoms with Crippen molar-refractivity contribution >= 4 is 11.8 Å². The molecule has 0 aromatic heterocycles. The Kier molecular flexibility index (Phi) is 5.24. The smallest absolute Gasteiger partial charge is 0.0430 e. The zero-order chi connectivity index (χ0) is 13.5. The molecule has 0 aliphatic carbocycles. The SMILES string of the molecule is NCCCNc1cccc2c1C=CN(CCCN)C2. The molecule has 4 nitrogen and oxygen atoms in total. The Labute approximate surface area is 115 Å². The number of nitrogens with zero attached hydrogens (tertiary/aromatic N) is 1. The number of benzene rings is 1. The van der Waals surface area contributed by atoms with Crippen molar-refractivity contribution < 1.29 is 0 Å². The maximum atomic E-state index is 5.56. The van der Waals surface area contributed by atoms with E-state index in [1.165, 1.54) is 16.8 Å². The zero-order valence-electron chi connectivity index (χ0n) is 11.4. The largest absolute Gasteiger partial charge is 0.385 e. The molecule has 1 aliphatic rings. The summed E-state index contributed by atoms with van der Waals surface area (Å²) in [5.74, 6) is 0. The third-order valence-electron chi connectivity index (χ3n) is 3.37. The Morgan fingerprint density at radius 1 is 1.16 bits per heavy atom. The fourth-order valence-corrected chi connectivity index (χ4v) is 2.33. The van der Waals surface area contributed by atoms with Gasteiger partial charge >= 0.3 is 0 Å². The maximum Gasteiger partial charge on any atom is 0.0430 e. The molecule has 4 heteroatoms. The molecule has 19 heavy (non-hydrogen) atoms. The summed E-state index contributed by atoms with van der Waals surface area (Å²) in [7, 11) is 0. The fourth-order valence-electron chi connectivity index (χ4n) is 2.33. The molecular formula is C15H24N4.